The fourth-order valence-electron chi connectivity index (χ4n) is 1.66. The average molecular weight is 332 g/mol. The molecule has 1 aromatic rings. The maximum atomic E-state index is 11.9. The van der Waals surface area contributed by atoms with E-state index >= 15 is 0 Å². The number of benzene rings is 1. The van der Waals surface area contributed by atoms with Crippen LogP contribution in [0.4, 0.5) is 5.69 Å². The van der Waals surface area contributed by atoms with E-state index in [1.165, 1.54) is 0 Å². The lowest BCUT2D eigenvalue weighted by Crippen LogP contribution is -2.24. The number of hydrogen-bond acceptors (Lipinski definition) is 4. The van der Waals surface area contributed by atoms with Gasteiger partial charge in [-0.05, 0) is 37.1 Å². The summed E-state index contributed by atoms with van der Waals surface area (Å²) in [5, 5.41) is 3.35. The van der Waals surface area contributed by atoms with E-state index in [1.54, 1.807) is 30.5 Å². The zero-order valence-corrected chi connectivity index (χ0v) is 14.4. The molecule has 0 saturated heterocycles. The number of sulfonamides is 1. The molecule has 0 aliphatic heterocycles. The molecule has 21 heavy (non-hydrogen) atoms. The Morgan fingerprint density at radius 2 is 1.81 bits per heavy atom. The molecule has 0 aliphatic rings. The third-order valence-electron chi connectivity index (χ3n) is 3.15. The maximum Gasteiger partial charge on any atom is 0.240 e. The van der Waals surface area contributed by atoms with E-state index in [2.05, 4.69) is 10.0 Å². The molecule has 5 nitrogen and oxygen atoms in total. The Hall–Kier alpha value is -0.920. The quantitative estimate of drug-likeness (QED) is 0.725. The molecule has 0 aromatic heterocycles. The molecule has 0 saturated carbocycles. The summed E-state index contributed by atoms with van der Waals surface area (Å²) in [6.07, 6.45) is 3.27. The first kappa shape index (κ1) is 18.1. The lowest BCUT2D eigenvalue weighted by molar-refractivity contribution is 0.581. The van der Waals surface area contributed by atoms with Crippen molar-refractivity contribution in [2.24, 2.45) is 0 Å². The van der Waals surface area contributed by atoms with Crippen LogP contribution < -0.4 is 10.0 Å². The Morgan fingerprint density at radius 3 is 2.33 bits per heavy atom. The average Bonchev–Trinajstić information content (AvgIpc) is 2.45. The molecule has 0 spiro atoms. The van der Waals surface area contributed by atoms with Crippen LogP contribution >= 0.6 is 0 Å². The third-order valence-corrected chi connectivity index (χ3v) is 6.00. The van der Waals surface area contributed by atoms with E-state index in [4.69, 9.17) is 0 Å². The lowest BCUT2D eigenvalue weighted by atomic mass is 10.3. The van der Waals surface area contributed by atoms with E-state index in [9.17, 15) is 12.6 Å². The Kier molecular flexibility index (Phi) is 7.34. The van der Waals surface area contributed by atoms with E-state index in [-0.39, 0.29) is 10.1 Å². The van der Waals surface area contributed by atoms with Crippen LogP contribution in [0.5, 0.6) is 0 Å². The van der Waals surface area contributed by atoms with Crippen molar-refractivity contribution in [2.75, 3.05) is 24.7 Å². The zero-order valence-electron chi connectivity index (χ0n) is 12.8. The highest BCUT2D eigenvalue weighted by Gasteiger charge is 2.12. The summed E-state index contributed by atoms with van der Waals surface area (Å²) in [6.45, 7) is 5.02. The van der Waals surface area contributed by atoms with Crippen molar-refractivity contribution in [3.05, 3.63) is 24.3 Å². The molecule has 0 bridgehead atoms. The van der Waals surface area contributed by atoms with Gasteiger partial charge in [-0.2, -0.15) is 0 Å². The molecule has 1 rings (SSSR count). The molecule has 7 heteroatoms. The fourth-order valence-corrected chi connectivity index (χ4v) is 3.24. The minimum absolute atomic E-state index is 0.149. The van der Waals surface area contributed by atoms with Crippen molar-refractivity contribution < 1.29 is 12.6 Å². The lowest BCUT2D eigenvalue weighted by Gasteiger charge is -2.11. The molecule has 1 aromatic carbocycles. The van der Waals surface area contributed by atoms with Crippen LogP contribution in [0.2, 0.25) is 0 Å². The molecule has 2 atom stereocenters. The monoisotopic (exact) mass is 332 g/mol. The van der Waals surface area contributed by atoms with Gasteiger partial charge in [-0.25, -0.2) is 13.1 Å². The highest BCUT2D eigenvalue weighted by molar-refractivity contribution is 7.89. The SMILES string of the molecule is CCCNS(=O)(=O)c1ccc(NCCC(C)S(C)=O)cc1. The number of hydrogen-bond donors (Lipinski definition) is 2. The molecule has 0 aliphatic carbocycles. The molecule has 0 fully saturated rings. The molecule has 0 radical (unpaired) electrons. The fraction of sp³-hybridized carbons (Fsp3) is 0.571. The van der Waals surface area contributed by atoms with Crippen molar-refractivity contribution in [3.63, 3.8) is 0 Å². The molecule has 0 amide bonds. The summed E-state index contributed by atoms with van der Waals surface area (Å²) in [7, 11) is -4.22. The normalized spacial score (nSPS) is 14.6. The first-order valence-electron chi connectivity index (χ1n) is 7.02. The van der Waals surface area contributed by atoms with Crippen LogP contribution in [0.1, 0.15) is 26.7 Å². The van der Waals surface area contributed by atoms with Crippen molar-refractivity contribution in [2.45, 2.75) is 36.8 Å². The summed E-state index contributed by atoms with van der Waals surface area (Å²) < 4.78 is 37.6. The second kappa shape index (κ2) is 8.51. The van der Waals surface area contributed by atoms with E-state index in [0.717, 1.165) is 18.5 Å². The van der Waals surface area contributed by atoms with Crippen LogP contribution in [0.3, 0.4) is 0 Å². The smallest absolute Gasteiger partial charge is 0.240 e. The van der Waals surface area contributed by atoms with Gasteiger partial charge in [0, 0.05) is 41.1 Å². The minimum atomic E-state index is -3.40. The van der Waals surface area contributed by atoms with Crippen molar-refractivity contribution in [1.29, 1.82) is 0 Å². The van der Waals surface area contributed by atoms with E-state index in [0.29, 0.717) is 13.1 Å². The predicted molar refractivity (Wildman–Crippen MR) is 88.6 cm³/mol. The van der Waals surface area contributed by atoms with Crippen LogP contribution in [0, 0.1) is 0 Å². The Bertz CT molecular complexity index is 556. The molecule has 120 valence electrons. The van der Waals surface area contributed by atoms with Crippen LogP contribution in [0.25, 0.3) is 0 Å². The van der Waals surface area contributed by atoms with Crippen molar-refractivity contribution in [1.82, 2.24) is 4.72 Å². The van der Waals surface area contributed by atoms with Crippen LogP contribution in [-0.4, -0.2) is 37.2 Å². The van der Waals surface area contributed by atoms with Gasteiger partial charge in [0.05, 0.1) is 4.90 Å². The van der Waals surface area contributed by atoms with Gasteiger partial charge in [0.25, 0.3) is 0 Å². The van der Waals surface area contributed by atoms with Gasteiger partial charge >= 0.3 is 0 Å². The maximum absolute atomic E-state index is 11.9. The van der Waals surface area contributed by atoms with E-state index in [1.807, 2.05) is 13.8 Å². The van der Waals surface area contributed by atoms with Gasteiger partial charge in [0.2, 0.25) is 10.0 Å². The third kappa shape index (κ3) is 6.15. The van der Waals surface area contributed by atoms with Gasteiger partial charge in [-0.15, -0.1) is 0 Å². The minimum Gasteiger partial charge on any atom is -0.385 e. The Labute approximate surface area is 130 Å². The molecule has 2 unspecified atom stereocenters. The molecular weight excluding hydrogens is 308 g/mol. The van der Waals surface area contributed by atoms with Gasteiger partial charge < -0.3 is 5.32 Å². The summed E-state index contributed by atoms with van der Waals surface area (Å²) in [5.74, 6) is 0. The molecule has 0 heterocycles. The zero-order chi connectivity index (χ0) is 15.9. The van der Waals surface area contributed by atoms with Gasteiger partial charge in [0.1, 0.15) is 0 Å². The van der Waals surface area contributed by atoms with Crippen molar-refractivity contribution >= 4 is 26.5 Å². The second-order valence-corrected chi connectivity index (χ2v) is 8.52. The van der Waals surface area contributed by atoms with Gasteiger partial charge in [-0.1, -0.05) is 13.8 Å². The summed E-state index contributed by atoms with van der Waals surface area (Å²) in [6, 6.07) is 6.66. The number of nitrogens with one attached hydrogen (secondary N) is 2. The second-order valence-electron chi connectivity index (χ2n) is 4.95. The summed E-state index contributed by atoms with van der Waals surface area (Å²) in [5.41, 5.74) is 0.860. The molecular formula is C14H24N2O3S2. The Morgan fingerprint density at radius 1 is 1.19 bits per heavy atom. The van der Waals surface area contributed by atoms with Gasteiger partial charge in [0.15, 0.2) is 0 Å². The van der Waals surface area contributed by atoms with Crippen LogP contribution in [-0.2, 0) is 20.8 Å². The van der Waals surface area contributed by atoms with Crippen LogP contribution in [0.15, 0.2) is 29.2 Å². The predicted octanol–water partition coefficient (Wildman–Crippen LogP) is 1.94. The standard InChI is InChI=1S/C14H24N2O3S2/c1-4-10-16-21(18,19)14-7-5-13(6-8-14)15-11-9-12(2)20(3)17/h5-8,12,15-16H,4,9-11H2,1-3H3. The first-order valence-corrected chi connectivity index (χ1v) is 10.1. The van der Waals surface area contributed by atoms with Crippen molar-refractivity contribution in [3.8, 4) is 0 Å². The highest BCUT2D eigenvalue weighted by Crippen LogP contribution is 2.14. The topological polar surface area (TPSA) is 75.3 Å². The Balaban J connectivity index is 2.56. The molecule has 2 N–H and O–H groups in total. The van der Waals surface area contributed by atoms with E-state index < -0.39 is 20.8 Å². The summed E-state index contributed by atoms with van der Waals surface area (Å²) >= 11 is 0. The van der Waals surface area contributed by atoms with Gasteiger partial charge in [-0.3, -0.25) is 4.21 Å². The largest absolute Gasteiger partial charge is 0.385 e. The number of anilines is 1. The summed E-state index contributed by atoms with van der Waals surface area (Å²) in [4.78, 5) is 0.268. The number of rotatable bonds is 9. The first-order chi connectivity index (χ1) is 9.86. The highest BCUT2D eigenvalue weighted by atomic mass is 32.2.